The number of nitrogens with one attached hydrogen (secondary N) is 1. The Hall–Kier alpha value is -2.19. The summed E-state index contributed by atoms with van der Waals surface area (Å²) < 4.78 is 32.5. The highest BCUT2D eigenvalue weighted by Gasteiger charge is 2.32. The molecule has 1 aromatic heterocycles. The molecule has 1 N–H and O–H groups in total. The fourth-order valence-corrected chi connectivity index (χ4v) is 5.55. The molecule has 1 aromatic carbocycles. The number of amides is 1. The Labute approximate surface area is 165 Å². The van der Waals surface area contributed by atoms with E-state index < -0.39 is 10.0 Å². The van der Waals surface area contributed by atoms with Gasteiger partial charge >= 0.3 is 0 Å². The Morgan fingerprint density at radius 1 is 1.14 bits per heavy atom. The number of nitrogens with zero attached hydrogens (tertiary/aromatic N) is 2. The fraction of sp³-hybridized carbons (Fsp3) is 0.500. The molecule has 1 aliphatic heterocycles. The smallest absolute Gasteiger partial charge is 0.243 e. The molecular weight excluding hydrogens is 378 g/mol. The standard InChI is InChI=1S/C20H25N3O4S/c1-14-12-19(22-27-14)21-20(24)16-8-10-23(11-9-16)28(25,26)18-7-6-15-4-2-3-5-17(15)13-18/h6-7,12-13,16H,2-5,8-11H2,1H3,(H,21,22,24). The number of hydrogen-bond donors (Lipinski definition) is 1. The molecule has 150 valence electrons. The summed E-state index contributed by atoms with van der Waals surface area (Å²) in [6.07, 6.45) is 5.24. The monoisotopic (exact) mass is 403 g/mol. The molecule has 2 aromatic rings. The van der Waals surface area contributed by atoms with Gasteiger partial charge < -0.3 is 9.84 Å². The number of carbonyl (C=O) groups excluding carboxylic acids is 1. The van der Waals surface area contributed by atoms with E-state index in [1.54, 1.807) is 19.1 Å². The molecule has 4 rings (SSSR count). The van der Waals surface area contributed by atoms with Gasteiger partial charge in [-0.2, -0.15) is 4.31 Å². The van der Waals surface area contributed by atoms with Crippen molar-refractivity contribution in [1.29, 1.82) is 0 Å². The third-order valence-corrected chi connectivity index (χ3v) is 7.56. The van der Waals surface area contributed by atoms with Crippen LogP contribution in [0.4, 0.5) is 5.82 Å². The van der Waals surface area contributed by atoms with Gasteiger partial charge in [-0.15, -0.1) is 0 Å². The van der Waals surface area contributed by atoms with Crippen molar-refractivity contribution in [1.82, 2.24) is 9.46 Å². The number of rotatable bonds is 4. The maximum absolute atomic E-state index is 13.0. The van der Waals surface area contributed by atoms with Crippen molar-refractivity contribution in [3.8, 4) is 0 Å². The second-order valence-electron chi connectivity index (χ2n) is 7.63. The van der Waals surface area contributed by atoms with Crippen molar-refractivity contribution >= 4 is 21.7 Å². The summed E-state index contributed by atoms with van der Waals surface area (Å²) >= 11 is 0. The number of anilines is 1. The third-order valence-electron chi connectivity index (χ3n) is 5.66. The third kappa shape index (κ3) is 3.84. The summed E-state index contributed by atoms with van der Waals surface area (Å²) in [5.74, 6) is 0.652. The molecule has 0 saturated carbocycles. The average molecular weight is 404 g/mol. The highest BCUT2D eigenvalue weighted by Crippen LogP contribution is 2.28. The van der Waals surface area contributed by atoms with Crippen molar-refractivity contribution < 1.29 is 17.7 Å². The Balaban J connectivity index is 1.40. The van der Waals surface area contributed by atoms with Crippen molar-refractivity contribution in [2.75, 3.05) is 18.4 Å². The van der Waals surface area contributed by atoms with E-state index in [9.17, 15) is 13.2 Å². The van der Waals surface area contributed by atoms with E-state index in [1.165, 1.54) is 16.3 Å². The summed E-state index contributed by atoms with van der Waals surface area (Å²) in [5.41, 5.74) is 2.42. The van der Waals surface area contributed by atoms with Gasteiger partial charge in [0.15, 0.2) is 5.82 Å². The fourth-order valence-electron chi connectivity index (χ4n) is 4.03. The Morgan fingerprint density at radius 3 is 2.54 bits per heavy atom. The first-order chi connectivity index (χ1) is 13.4. The Kier molecular flexibility index (Phi) is 5.25. The largest absolute Gasteiger partial charge is 0.360 e. The van der Waals surface area contributed by atoms with Gasteiger partial charge in [0.25, 0.3) is 0 Å². The van der Waals surface area contributed by atoms with Crippen LogP contribution in [0.5, 0.6) is 0 Å². The molecule has 7 nitrogen and oxygen atoms in total. The summed E-state index contributed by atoms with van der Waals surface area (Å²) in [4.78, 5) is 12.8. The van der Waals surface area contributed by atoms with Gasteiger partial charge in [0.1, 0.15) is 5.76 Å². The molecule has 1 amide bonds. The molecule has 0 radical (unpaired) electrons. The van der Waals surface area contributed by atoms with E-state index in [2.05, 4.69) is 10.5 Å². The molecule has 0 bridgehead atoms. The van der Waals surface area contributed by atoms with E-state index in [-0.39, 0.29) is 11.8 Å². The lowest BCUT2D eigenvalue weighted by Gasteiger charge is -2.30. The van der Waals surface area contributed by atoms with E-state index in [4.69, 9.17) is 4.52 Å². The number of fused-ring (bicyclic) bond motifs is 1. The summed E-state index contributed by atoms with van der Waals surface area (Å²) in [6.45, 7) is 2.44. The molecular formula is C20H25N3O4S. The van der Waals surface area contributed by atoms with Crippen LogP contribution in [0.1, 0.15) is 42.6 Å². The summed E-state index contributed by atoms with van der Waals surface area (Å²) in [7, 11) is -3.53. The van der Waals surface area contributed by atoms with Crippen LogP contribution < -0.4 is 5.32 Å². The second-order valence-corrected chi connectivity index (χ2v) is 9.57. The quantitative estimate of drug-likeness (QED) is 0.847. The van der Waals surface area contributed by atoms with Gasteiger partial charge in [0.05, 0.1) is 4.90 Å². The van der Waals surface area contributed by atoms with E-state index in [0.29, 0.717) is 42.4 Å². The topological polar surface area (TPSA) is 92.5 Å². The number of aromatic nitrogens is 1. The minimum atomic E-state index is -3.53. The van der Waals surface area contributed by atoms with Crippen molar-refractivity contribution in [3.05, 3.63) is 41.2 Å². The highest BCUT2D eigenvalue weighted by molar-refractivity contribution is 7.89. The number of benzene rings is 1. The van der Waals surface area contributed by atoms with Crippen LogP contribution in [0.15, 0.2) is 33.7 Å². The number of sulfonamides is 1. The molecule has 8 heteroatoms. The van der Waals surface area contributed by atoms with Crippen LogP contribution in [0.25, 0.3) is 0 Å². The molecule has 0 spiro atoms. The van der Waals surface area contributed by atoms with Crippen molar-refractivity contribution in [2.45, 2.75) is 50.3 Å². The minimum Gasteiger partial charge on any atom is -0.360 e. The maximum atomic E-state index is 13.0. The van der Waals surface area contributed by atoms with E-state index >= 15 is 0 Å². The number of hydrogen-bond acceptors (Lipinski definition) is 5. The van der Waals surface area contributed by atoms with Crippen molar-refractivity contribution in [2.24, 2.45) is 5.92 Å². The Morgan fingerprint density at radius 2 is 1.86 bits per heavy atom. The molecule has 0 unspecified atom stereocenters. The van der Waals surface area contributed by atoms with Gasteiger partial charge in [-0.25, -0.2) is 8.42 Å². The zero-order chi connectivity index (χ0) is 19.7. The van der Waals surface area contributed by atoms with Gasteiger partial charge in [0, 0.05) is 25.1 Å². The van der Waals surface area contributed by atoms with Crippen LogP contribution in [-0.2, 0) is 27.7 Å². The number of piperidine rings is 1. The lowest BCUT2D eigenvalue weighted by Crippen LogP contribution is -2.41. The highest BCUT2D eigenvalue weighted by atomic mass is 32.2. The first kappa shape index (κ1) is 19.1. The molecule has 1 fully saturated rings. The zero-order valence-electron chi connectivity index (χ0n) is 16.0. The van der Waals surface area contributed by atoms with Gasteiger partial charge in [-0.1, -0.05) is 11.2 Å². The van der Waals surface area contributed by atoms with Gasteiger partial charge in [0.2, 0.25) is 15.9 Å². The molecule has 1 saturated heterocycles. The van der Waals surface area contributed by atoms with Crippen molar-refractivity contribution in [3.63, 3.8) is 0 Å². The minimum absolute atomic E-state index is 0.140. The first-order valence-electron chi connectivity index (χ1n) is 9.79. The van der Waals surface area contributed by atoms with Crippen LogP contribution in [-0.4, -0.2) is 36.9 Å². The average Bonchev–Trinajstić information content (AvgIpc) is 3.12. The van der Waals surface area contributed by atoms with E-state index in [1.807, 2.05) is 12.1 Å². The lowest BCUT2D eigenvalue weighted by molar-refractivity contribution is -0.120. The predicted molar refractivity (Wildman–Crippen MR) is 104 cm³/mol. The first-order valence-corrected chi connectivity index (χ1v) is 11.2. The summed E-state index contributed by atoms with van der Waals surface area (Å²) in [6, 6.07) is 7.19. The molecule has 2 heterocycles. The van der Waals surface area contributed by atoms with Crippen LogP contribution >= 0.6 is 0 Å². The zero-order valence-corrected chi connectivity index (χ0v) is 16.8. The lowest BCUT2D eigenvalue weighted by atomic mass is 9.92. The number of carbonyl (C=O) groups is 1. The molecule has 28 heavy (non-hydrogen) atoms. The summed E-state index contributed by atoms with van der Waals surface area (Å²) in [5, 5.41) is 6.51. The molecule has 1 aliphatic carbocycles. The maximum Gasteiger partial charge on any atom is 0.243 e. The Bertz CT molecular complexity index is 975. The van der Waals surface area contributed by atoms with Crippen LogP contribution in [0.3, 0.4) is 0 Å². The van der Waals surface area contributed by atoms with E-state index in [0.717, 1.165) is 24.8 Å². The van der Waals surface area contributed by atoms with Crippen LogP contribution in [0.2, 0.25) is 0 Å². The normalized spacial score (nSPS) is 18.6. The number of aryl methyl sites for hydroxylation is 3. The van der Waals surface area contributed by atoms with Crippen LogP contribution in [0, 0.1) is 12.8 Å². The second kappa shape index (κ2) is 7.67. The van der Waals surface area contributed by atoms with Gasteiger partial charge in [-0.05, 0) is 68.7 Å². The molecule has 0 atom stereocenters. The predicted octanol–water partition coefficient (Wildman–Crippen LogP) is 2.90. The van der Waals surface area contributed by atoms with Gasteiger partial charge in [-0.3, -0.25) is 4.79 Å². The molecule has 2 aliphatic rings. The SMILES string of the molecule is Cc1cc(NC(=O)C2CCN(S(=O)(=O)c3ccc4c(c3)CCCC4)CC2)no1.